The predicted octanol–water partition coefficient (Wildman–Crippen LogP) is 1.96. The third-order valence-electron chi connectivity index (χ3n) is 4.75. The minimum absolute atomic E-state index is 0.0744. The van der Waals surface area contributed by atoms with Crippen molar-refractivity contribution in [3.8, 4) is 0 Å². The van der Waals surface area contributed by atoms with Crippen molar-refractivity contribution in [1.82, 2.24) is 9.21 Å². The van der Waals surface area contributed by atoms with E-state index in [9.17, 15) is 8.42 Å². The summed E-state index contributed by atoms with van der Waals surface area (Å²) in [5.74, 6) is 0. The van der Waals surface area contributed by atoms with Crippen molar-refractivity contribution in [3.63, 3.8) is 0 Å². The van der Waals surface area contributed by atoms with Crippen LogP contribution in [0.3, 0.4) is 0 Å². The Morgan fingerprint density at radius 3 is 2.00 bits per heavy atom. The van der Waals surface area contributed by atoms with Crippen molar-refractivity contribution >= 4 is 10.0 Å². The maximum atomic E-state index is 12.8. The van der Waals surface area contributed by atoms with Crippen LogP contribution >= 0.6 is 0 Å². The van der Waals surface area contributed by atoms with Crippen molar-refractivity contribution in [1.29, 1.82) is 0 Å². The highest BCUT2D eigenvalue weighted by Crippen LogP contribution is 2.25. The molecule has 132 valence electrons. The molecule has 4 rings (SSSR count). The van der Waals surface area contributed by atoms with Gasteiger partial charge in [-0.2, -0.15) is 4.31 Å². The van der Waals surface area contributed by atoms with Crippen LogP contribution in [0, 0.1) is 0 Å². The second-order valence-electron chi connectivity index (χ2n) is 6.69. The van der Waals surface area contributed by atoms with Crippen molar-refractivity contribution < 1.29 is 13.2 Å². The van der Waals surface area contributed by atoms with Gasteiger partial charge in [0.2, 0.25) is 10.0 Å². The lowest BCUT2D eigenvalue weighted by Crippen LogP contribution is -2.60. The van der Waals surface area contributed by atoms with Gasteiger partial charge in [-0.1, -0.05) is 48.5 Å². The molecule has 0 unspecified atom stereocenters. The lowest BCUT2D eigenvalue weighted by atomic mass is 10.1. The van der Waals surface area contributed by atoms with E-state index in [0.29, 0.717) is 18.0 Å². The second-order valence-corrected chi connectivity index (χ2v) is 8.63. The minimum Gasteiger partial charge on any atom is -0.370 e. The van der Waals surface area contributed by atoms with Gasteiger partial charge >= 0.3 is 0 Å². The third kappa shape index (κ3) is 3.62. The molecule has 2 aromatic carbocycles. The fourth-order valence-electron chi connectivity index (χ4n) is 3.65. The van der Waals surface area contributed by atoms with Crippen LogP contribution < -0.4 is 0 Å². The largest absolute Gasteiger partial charge is 0.370 e. The standard InChI is InChI=1S/C19H22N2O3S/c22-25(23,19-9-5-2-6-10-19)21-14-17-12-20(13-18(15-21)24-17)11-16-7-3-1-4-8-16/h1-10,17-18H,11-15H2/t17-,18-/m1/s1. The van der Waals surface area contributed by atoms with Gasteiger partial charge in [-0.05, 0) is 17.7 Å². The van der Waals surface area contributed by atoms with Gasteiger partial charge in [0.25, 0.3) is 0 Å². The Labute approximate surface area is 148 Å². The summed E-state index contributed by atoms with van der Waals surface area (Å²) in [6, 6.07) is 19.0. The summed E-state index contributed by atoms with van der Waals surface area (Å²) in [5.41, 5.74) is 1.27. The van der Waals surface area contributed by atoms with Gasteiger partial charge in [-0.25, -0.2) is 8.42 Å². The zero-order chi connectivity index (χ0) is 17.3. The molecule has 5 nitrogen and oxygen atoms in total. The van der Waals surface area contributed by atoms with E-state index in [1.54, 1.807) is 28.6 Å². The van der Waals surface area contributed by atoms with Crippen molar-refractivity contribution in [2.45, 2.75) is 23.6 Å². The molecule has 2 saturated heterocycles. The second kappa shape index (κ2) is 6.88. The number of hydrogen-bond acceptors (Lipinski definition) is 4. The van der Waals surface area contributed by atoms with Gasteiger partial charge in [-0.3, -0.25) is 4.90 Å². The molecule has 2 bridgehead atoms. The Morgan fingerprint density at radius 2 is 1.40 bits per heavy atom. The summed E-state index contributed by atoms with van der Waals surface area (Å²) in [6.07, 6.45) is -0.149. The Morgan fingerprint density at radius 1 is 0.840 bits per heavy atom. The van der Waals surface area contributed by atoms with E-state index in [-0.39, 0.29) is 12.2 Å². The van der Waals surface area contributed by atoms with E-state index in [1.807, 2.05) is 24.3 Å². The highest BCUT2D eigenvalue weighted by molar-refractivity contribution is 7.89. The topological polar surface area (TPSA) is 49.9 Å². The molecule has 2 aliphatic heterocycles. The third-order valence-corrected chi connectivity index (χ3v) is 6.60. The Bertz CT molecular complexity index is 797. The van der Waals surface area contributed by atoms with Gasteiger partial charge < -0.3 is 4.74 Å². The highest BCUT2D eigenvalue weighted by atomic mass is 32.2. The zero-order valence-corrected chi connectivity index (χ0v) is 14.8. The van der Waals surface area contributed by atoms with Crippen LogP contribution in [0.15, 0.2) is 65.6 Å². The average molecular weight is 358 g/mol. The maximum Gasteiger partial charge on any atom is 0.243 e. The quantitative estimate of drug-likeness (QED) is 0.838. The predicted molar refractivity (Wildman–Crippen MR) is 95.6 cm³/mol. The van der Waals surface area contributed by atoms with Crippen LogP contribution in [0.2, 0.25) is 0 Å². The number of ether oxygens (including phenoxy) is 1. The molecule has 2 aliphatic rings. The first-order valence-corrected chi connectivity index (χ1v) is 10.0. The summed E-state index contributed by atoms with van der Waals surface area (Å²) >= 11 is 0. The molecule has 0 N–H and O–H groups in total. The number of benzene rings is 2. The van der Waals surface area contributed by atoms with E-state index < -0.39 is 10.0 Å². The molecule has 25 heavy (non-hydrogen) atoms. The van der Waals surface area contributed by atoms with Gasteiger partial charge in [-0.15, -0.1) is 0 Å². The first-order chi connectivity index (χ1) is 12.1. The Balaban J connectivity index is 1.45. The fraction of sp³-hybridized carbons (Fsp3) is 0.368. The zero-order valence-electron chi connectivity index (χ0n) is 14.0. The first kappa shape index (κ1) is 16.7. The Hall–Kier alpha value is -1.73. The molecule has 0 aromatic heterocycles. The lowest BCUT2D eigenvalue weighted by molar-refractivity contribution is -0.124. The van der Waals surface area contributed by atoms with Crippen LogP contribution in [-0.2, 0) is 21.3 Å². The summed E-state index contributed by atoms with van der Waals surface area (Å²) in [4.78, 5) is 2.72. The van der Waals surface area contributed by atoms with E-state index in [0.717, 1.165) is 19.6 Å². The molecule has 2 fully saturated rings. The number of rotatable bonds is 4. The van der Waals surface area contributed by atoms with Crippen LogP contribution in [0.5, 0.6) is 0 Å². The lowest BCUT2D eigenvalue weighted by Gasteiger charge is -2.45. The van der Waals surface area contributed by atoms with Crippen molar-refractivity contribution in [2.24, 2.45) is 0 Å². The molecule has 0 spiro atoms. The monoisotopic (exact) mass is 358 g/mol. The smallest absolute Gasteiger partial charge is 0.243 e. The maximum absolute atomic E-state index is 12.8. The molecule has 0 saturated carbocycles. The molecule has 0 radical (unpaired) electrons. The van der Waals surface area contributed by atoms with Gasteiger partial charge in [0.1, 0.15) is 0 Å². The van der Waals surface area contributed by atoms with Crippen LogP contribution in [-0.4, -0.2) is 56.0 Å². The van der Waals surface area contributed by atoms with Crippen molar-refractivity contribution in [2.75, 3.05) is 26.2 Å². The van der Waals surface area contributed by atoms with Crippen LogP contribution in [0.25, 0.3) is 0 Å². The van der Waals surface area contributed by atoms with Crippen molar-refractivity contribution in [3.05, 3.63) is 66.2 Å². The summed E-state index contributed by atoms with van der Waals surface area (Å²) in [7, 11) is -3.45. The normalized spacial score (nSPS) is 25.0. The fourth-order valence-corrected chi connectivity index (χ4v) is 5.17. The van der Waals surface area contributed by atoms with E-state index in [1.165, 1.54) is 5.56 Å². The number of hydrogen-bond donors (Lipinski definition) is 0. The molecule has 2 atom stereocenters. The number of fused-ring (bicyclic) bond motifs is 2. The van der Waals surface area contributed by atoms with E-state index in [2.05, 4.69) is 17.0 Å². The SMILES string of the molecule is O=S(=O)(c1ccccc1)N1C[C@H]2CN(Cc3ccccc3)C[C@H](C1)O2. The minimum atomic E-state index is -3.45. The number of sulfonamides is 1. The van der Waals surface area contributed by atoms with Crippen LogP contribution in [0.4, 0.5) is 0 Å². The number of nitrogens with zero attached hydrogens (tertiary/aromatic N) is 2. The molecule has 2 heterocycles. The Kier molecular flexibility index (Phi) is 4.60. The number of morpholine rings is 2. The summed E-state index contributed by atoms with van der Waals surface area (Å²) in [5, 5.41) is 0. The van der Waals surface area contributed by atoms with E-state index in [4.69, 9.17) is 4.74 Å². The van der Waals surface area contributed by atoms with E-state index >= 15 is 0 Å². The summed E-state index contributed by atoms with van der Waals surface area (Å²) < 4.78 is 33.3. The molecule has 6 heteroatoms. The van der Waals surface area contributed by atoms with Gasteiger partial charge in [0.05, 0.1) is 17.1 Å². The molecular formula is C19H22N2O3S. The highest BCUT2D eigenvalue weighted by Gasteiger charge is 2.39. The summed E-state index contributed by atoms with van der Waals surface area (Å²) in [6.45, 7) is 3.22. The molecule has 0 amide bonds. The molecular weight excluding hydrogens is 336 g/mol. The van der Waals surface area contributed by atoms with Gasteiger partial charge in [0.15, 0.2) is 0 Å². The molecule has 0 aliphatic carbocycles. The average Bonchev–Trinajstić information content (AvgIpc) is 2.62. The van der Waals surface area contributed by atoms with Crippen LogP contribution in [0.1, 0.15) is 5.56 Å². The molecule has 2 aromatic rings. The van der Waals surface area contributed by atoms with Gasteiger partial charge in [0, 0.05) is 32.7 Å². The first-order valence-electron chi connectivity index (χ1n) is 8.58.